The molecule has 0 aliphatic carbocycles. The number of rotatable bonds is 4. The van der Waals surface area contributed by atoms with Crippen molar-refractivity contribution in [1.29, 1.82) is 0 Å². The van der Waals surface area contributed by atoms with E-state index < -0.39 is 0 Å². The van der Waals surface area contributed by atoms with E-state index in [0.717, 1.165) is 17.5 Å². The number of benzene rings is 2. The van der Waals surface area contributed by atoms with Crippen LogP contribution in [0.25, 0.3) is 11.1 Å². The molecule has 0 radical (unpaired) electrons. The molecule has 1 aliphatic rings. The van der Waals surface area contributed by atoms with Gasteiger partial charge in [0, 0.05) is 26.2 Å². The van der Waals surface area contributed by atoms with Gasteiger partial charge in [0.15, 0.2) is 0 Å². The number of likely N-dealkylation sites (N-methyl/N-ethyl adjacent to an activating group) is 1. The molecule has 0 saturated carbocycles. The fraction of sp³-hybridized carbons (Fsp3) is 0.227. The summed E-state index contributed by atoms with van der Waals surface area (Å²) in [5.74, 6) is -0.370. The standard InChI is InChI=1S/C22H21FN2O2/c1-25(13-20-10-16-4-2-3-5-17(16)14-27-20)22(26)21-11-18(12-24-21)15-6-8-19(23)9-7-15/h2-9,11-12,20,24H,10,13-14H2,1H3. The Bertz CT molecular complexity index is 949. The second-order valence-electron chi connectivity index (χ2n) is 6.90. The van der Waals surface area contributed by atoms with Gasteiger partial charge in [-0.25, -0.2) is 4.39 Å². The molecule has 3 aromatic rings. The number of hydrogen-bond donors (Lipinski definition) is 1. The van der Waals surface area contributed by atoms with E-state index >= 15 is 0 Å². The summed E-state index contributed by atoms with van der Waals surface area (Å²) in [6.07, 6.45) is 2.56. The lowest BCUT2D eigenvalue weighted by atomic mass is 9.99. The van der Waals surface area contributed by atoms with Gasteiger partial charge in [-0.2, -0.15) is 0 Å². The zero-order valence-electron chi connectivity index (χ0n) is 15.1. The number of aromatic nitrogens is 1. The summed E-state index contributed by atoms with van der Waals surface area (Å²) in [6.45, 7) is 1.11. The van der Waals surface area contributed by atoms with Gasteiger partial charge in [-0.3, -0.25) is 4.79 Å². The second-order valence-corrected chi connectivity index (χ2v) is 6.90. The number of carbonyl (C=O) groups is 1. The summed E-state index contributed by atoms with van der Waals surface area (Å²) in [6, 6.07) is 16.3. The Kier molecular flexibility index (Phi) is 4.77. The van der Waals surface area contributed by atoms with E-state index in [-0.39, 0.29) is 17.8 Å². The maximum atomic E-state index is 13.1. The molecule has 1 aliphatic heterocycles. The second kappa shape index (κ2) is 7.37. The van der Waals surface area contributed by atoms with Gasteiger partial charge in [-0.1, -0.05) is 36.4 Å². The van der Waals surface area contributed by atoms with Crippen LogP contribution in [0.5, 0.6) is 0 Å². The van der Waals surface area contributed by atoms with Crippen molar-refractivity contribution >= 4 is 5.91 Å². The number of nitrogens with one attached hydrogen (secondary N) is 1. The lowest BCUT2D eigenvalue weighted by molar-refractivity contribution is 0.00974. The minimum atomic E-state index is -0.278. The average molecular weight is 364 g/mol. The van der Waals surface area contributed by atoms with E-state index in [0.29, 0.717) is 18.8 Å². The fourth-order valence-electron chi connectivity index (χ4n) is 3.45. The van der Waals surface area contributed by atoms with Gasteiger partial charge in [0.2, 0.25) is 0 Å². The van der Waals surface area contributed by atoms with Crippen molar-refractivity contribution in [3.63, 3.8) is 0 Å². The number of amides is 1. The van der Waals surface area contributed by atoms with E-state index in [4.69, 9.17) is 4.74 Å². The predicted molar refractivity (Wildman–Crippen MR) is 102 cm³/mol. The fourth-order valence-corrected chi connectivity index (χ4v) is 3.45. The Hall–Kier alpha value is -2.92. The molecular weight excluding hydrogens is 343 g/mol. The minimum Gasteiger partial charge on any atom is -0.371 e. The van der Waals surface area contributed by atoms with E-state index in [1.807, 2.05) is 12.1 Å². The Morgan fingerprint density at radius 1 is 1.15 bits per heavy atom. The van der Waals surface area contributed by atoms with E-state index in [9.17, 15) is 9.18 Å². The molecule has 27 heavy (non-hydrogen) atoms. The largest absolute Gasteiger partial charge is 0.371 e. The van der Waals surface area contributed by atoms with Crippen LogP contribution in [0, 0.1) is 5.82 Å². The molecule has 5 heteroatoms. The molecule has 0 spiro atoms. The van der Waals surface area contributed by atoms with Gasteiger partial charge in [0.25, 0.3) is 5.91 Å². The third kappa shape index (κ3) is 3.78. The van der Waals surface area contributed by atoms with Crippen LogP contribution in [0.3, 0.4) is 0 Å². The number of fused-ring (bicyclic) bond motifs is 1. The first-order valence-corrected chi connectivity index (χ1v) is 8.98. The number of ether oxygens (including phenoxy) is 1. The molecule has 1 N–H and O–H groups in total. The van der Waals surface area contributed by atoms with Gasteiger partial charge in [-0.15, -0.1) is 0 Å². The van der Waals surface area contributed by atoms with E-state index in [2.05, 4.69) is 17.1 Å². The maximum absolute atomic E-state index is 13.1. The summed E-state index contributed by atoms with van der Waals surface area (Å²) in [5, 5.41) is 0. The highest BCUT2D eigenvalue weighted by atomic mass is 19.1. The van der Waals surface area contributed by atoms with Crippen molar-refractivity contribution in [3.8, 4) is 11.1 Å². The van der Waals surface area contributed by atoms with Crippen LogP contribution in [-0.4, -0.2) is 35.5 Å². The monoisotopic (exact) mass is 364 g/mol. The van der Waals surface area contributed by atoms with Crippen molar-refractivity contribution in [2.45, 2.75) is 19.1 Å². The van der Waals surface area contributed by atoms with Crippen molar-refractivity contribution in [2.24, 2.45) is 0 Å². The minimum absolute atomic E-state index is 0.0135. The summed E-state index contributed by atoms with van der Waals surface area (Å²) >= 11 is 0. The Morgan fingerprint density at radius 2 is 1.89 bits per heavy atom. The smallest absolute Gasteiger partial charge is 0.270 e. The highest BCUT2D eigenvalue weighted by Gasteiger charge is 2.23. The van der Waals surface area contributed by atoms with Gasteiger partial charge in [0.1, 0.15) is 11.5 Å². The first-order valence-electron chi connectivity index (χ1n) is 8.98. The topological polar surface area (TPSA) is 45.3 Å². The molecule has 1 atom stereocenters. The van der Waals surface area contributed by atoms with Crippen LogP contribution < -0.4 is 0 Å². The van der Waals surface area contributed by atoms with Crippen LogP contribution in [-0.2, 0) is 17.8 Å². The summed E-state index contributed by atoms with van der Waals surface area (Å²) < 4.78 is 19.0. The number of H-pyrrole nitrogens is 1. The van der Waals surface area contributed by atoms with Crippen molar-refractivity contribution in [1.82, 2.24) is 9.88 Å². The van der Waals surface area contributed by atoms with Crippen LogP contribution in [0.15, 0.2) is 60.8 Å². The molecule has 138 valence electrons. The molecule has 1 amide bonds. The van der Waals surface area contributed by atoms with Crippen molar-refractivity contribution in [2.75, 3.05) is 13.6 Å². The number of halogens is 1. The molecule has 1 unspecified atom stereocenters. The first kappa shape index (κ1) is 17.5. The van der Waals surface area contributed by atoms with Crippen molar-refractivity contribution in [3.05, 3.63) is 83.4 Å². The van der Waals surface area contributed by atoms with Crippen LogP contribution in [0.1, 0.15) is 21.6 Å². The van der Waals surface area contributed by atoms with Gasteiger partial charge >= 0.3 is 0 Å². The molecule has 4 nitrogen and oxygen atoms in total. The Balaban J connectivity index is 1.42. The maximum Gasteiger partial charge on any atom is 0.270 e. The third-order valence-corrected chi connectivity index (χ3v) is 4.96. The van der Waals surface area contributed by atoms with Crippen LogP contribution >= 0.6 is 0 Å². The molecule has 2 aromatic carbocycles. The SMILES string of the molecule is CN(CC1Cc2ccccc2CO1)C(=O)c1cc(-c2ccc(F)cc2)c[nH]1. The predicted octanol–water partition coefficient (Wildman–Crippen LogP) is 4.03. The highest BCUT2D eigenvalue weighted by molar-refractivity contribution is 5.93. The zero-order valence-corrected chi connectivity index (χ0v) is 15.1. The zero-order chi connectivity index (χ0) is 18.8. The Morgan fingerprint density at radius 3 is 2.67 bits per heavy atom. The molecule has 1 aromatic heterocycles. The molecule has 0 fully saturated rings. The molecule has 4 rings (SSSR count). The summed E-state index contributed by atoms with van der Waals surface area (Å²) in [4.78, 5) is 17.4. The number of hydrogen-bond acceptors (Lipinski definition) is 2. The van der Waals surface area contributed by atoms with E-state index in [1.165, 1.54) is 23.3 Å². The Labute approximate surface area is 157 Å². The summed E-state index contributed by atoms with van der Waals surface area (Å²) in [5.41, 5.74) is 4.73. The number of carbonyl (C=O) groups excluding carboxylic acids is 1. The quantitative estimate of drug-likeness (QED) is 0.760. The lowest BCUT2D eigenvalue weighted by Gasteiger charge is -2.28. The van der Waals surface area contributed by atoms with Gasteiger partial charge in [-0.05, 0) is 40.5 Å². The van der Waals surface area contributed by atoms with Gasteiger partial charge < -0.3 is 14.6 Å². The van der Waals surface area contributed by atoms with Crippen LogP contribution in [0.2, 0.25) is 0 Å². The normalized spacial score (nSPS) is 16.0. The van der Waals surface area contributed by atoms with E-state index in [1.54, 1.807) is 36.3 Å². The third-order valence-electron chi connectivity index (χ3n) is 4.96. The molecular formula is C22H21FN2O2. The average Bonchev–Trinajstić information content (AvgIpc) is 3.18. The van der Waals surface area contributed by atoms with Crippen molar-refractivity contribution < 1.29 is 13.9 Å². The lowest BCUT2D eigenvalue weighted by Crippen LogP contribution is -2.38. The summed E-state index contributed by atoms with van der Waals surface area (Å²) in [7, 11) is 1.78. The number of nitrogens with zero attached hydrogens (tertiary/aromatic N) is 1. The molecule has 2 heterocycles. The molecule has 0 saturated heterocycles. The highest BCUT2D eigenvalue weighted by Crippen LogP contribution is 2.23. The molecule has 0 bridgehead atoms. The van der Waals surface area contributed by atoms with Crippen LogP contribution in [0.4, 0.5) is 4.39 Å². The first-order chi connectivity index (χ1) is 13.1. The number of aromatic amines is 1. The van der Waals surface area contributed by atoms with Gasteiger partial charge in [0.05, 0.1) is 12.7 Å².